The molecule has 21 heavy (non-hydrogen) atoms. The van der Waals surface area contributed by atoms with Crippen LogP contribution in [-0.4, -0.2) is 28.4 Å². The summed E-state index contributed by atoms with van der Waals surface area (Å²) in [4.78, 5) is 11.6. The van der Waals surface area contributed by atoms with E-state index in [1.165, 1.54) is 12.4 Å². The number of anilines is 2. The Bertz CT molecular complexity index is 720. The van der Waals surface area contributed by atoms with E-state index in [1.807, 2.05) is 0 Å². The Morgan fingerprint density at radius 3 is 2.05 bits per heavy atom. The standard InChI is InChI=1S/C13H14N8/c1-17-13(9-3-5-19-7-11(9)15)21-20-12(16)8-2-4-18-6-10(8)14/h2-7H,1,14-15H2,(H2,16,20)/b21-13-. The Labute approximate surface area is 121 Å². The van der Waals surface area contributed by atoms with E-state index in [2.05, 4.69) is 31.9 Å². The summed E-state index contributed by atoms with van der Waals surface area (Å²) in [5.41, 5.74) is 19.3. The van der Waals surface area contributed by atoms with Gasteiger partial charge in [-0.2, -0.15) is 0 Å². The third-order valence-corrected chi connectivity index (χ3v) is 2.62. The number of aromatic nitrogens is 2. The highest BCUT2D eigenvalue weighted by Crippen LogP contribution is 2.12. The van der Waals surface area contributed by atoms with Crippen molar-refractivity contribution in [3.63, 3.8) is 0 Å². The molecule has 0 aliphatic heterocycles. The van der Waals surface area contributed by atoms with Gasteiger partial charge in [-0.15, -0.1) is 10.2 Å². The second-order valence-electron chi connectivity index (χ2n) is 3.99. The summed E-state index contributed by atoms with van der Waals surface area (Å²) >= 11 is 0. The first-order valence-electron chi connectivity index (χ1n) is 5.91. The second-order valence-corrected chi connectivity index (χ2v) is 3.99. The molecule has 0 amide bonds. The Kier molecular flexibility index (Phi) is 4.20. The van der Waals surface area contributed by atoms with Crippen molar-refractivity contribution in [2.24, 2.45) is 20.9 Å². The molecule has 0 aromatic carbocycles. The Morgan fingerprint density at radius 2 is 1.52 bits per heavy atom. The molecule has 0 aliphatic carbocycles. The quantitative estimate of drug-likeness (QED) is 0.424. The Morgan fingerprint density at radius 1 is 0.952 bits per heavy atom. The zero-order chi connectivity index (χ0) is 15.2. The fourth-order valence-electron chi connectivity index (χ4n) is 1.58. The van der Waals surface area contributed by atoms with Crippen LogP contribution in [0.5, 0.6) is 0 Å². The summed E-state index contributed by atoms with van der Waals surface area (Å²) in [7, 11) is 0. The lowest BCUT2D eigenvalue weighted by molar-refractivity contribution is 1.20. The van der Waals surface area contributed by atoms with Gasteiger partial charge >= 0.3 is 0 Å². The molecule has 0 spiro atoms. The maximum atomic E-state index is 5.84. The highest BCUT2D eigenvalue weighted by molar-refractivity contribution is 6.06. The van der Waals surface area contributed by atoms with Crippen LogP contribution in [-0.2, 0) is 0 Å². The SMILES string of the molecule is C=N/C(=N\N=C(/N)c1ccncc1N)c1ccncc1N. The van der Waals surface area contributed by atoms with Crippen LogP contribution >= 0.6 is 0 Å². The molecular weight excluding hydrogens is 268 g/mol. The molecule has 2 aromatic heterocycles. The number of pyridine rings is 2. The van der Waals surface area contributed by atoms with Crippen LogP contribution in [0.15, 0.2) is 52.1 Å². The van der Waals surface area contributed by atoms with Gasteiger partial charge in [0.25, 0.3) is 0 Å². The lowest BCUT2D eigenvalue weighted by Crippen LogP contribution is -2.15. The maximum absolute atomic E-state index is 5.84. The van der Waals surface area contributed by atoms with Gasteiger partial charge in [0.1, 0.15) is 0 Å². The zero-order valence-electron chi connectivity index (χ0n) is 11.1. The van der Waals surface area contributed by atoms with Crippen LogP contribution in [0.1, 0.15) is 11.1 Å². The zero-order valence-corrected chi connectivity index (χ0v) is 11.1. The van der Waals surface area contributed by atoms with Crippen molar-refractivity contribution in [1.82, 2.24) is 9.97 Å². The van der Waals surface area contributed by atoms with Gasteiger partial charge in [-0.25, -0.2) is 4.99 Å². The van der Waals surface area contributed by atoms with E-state index < -0.39 is 0 Å². The summed E-state index contributed by atoms with van der Waals surface area (Å²) in [6.45, 7) is 3.45. The molecule has 0 saturated heterocycles. The minimum absolute atomic E-state index is 0.142. The van der Waals surface area contributed by atoms with Gasteiger partial charge < -0.3 is 17.2 Å². The second kappa shape index (κ2) is 6.24. The van der Waals surface area contributed by atoms with Gasteiger partial charge in [0.2, 0.25) is 0 Å². The molecular formula is C13H14N8. The molecule has 8 heteroatoms. The molecule has 2 aromatic rings. The molecule has 0 saturated carbocycles. The van der Waals surface area contributed by atoms with E-state index >= 15 is 0 Å². The third-order valence-electron chi connectivity index (χ3n) is 2.62. The molecule has 0 aliphatic rings. The number of aliphatic imine (C=N–C) groups is 1. The third kappa shape index (κ3) is 3.18. The number of hydrogen-bond acceptors (Lipinski definition) is 6. The smallest absolute Gasteiger partial charge is 0.183 e. The van der Waals surface area contributed by atoms with Gasteiger partial charge in [-0.05, 0) is 18.9 Å². The van der Waals surface area contributed by atoms with Crippen molar-refractivity contribution in [3.8, 4) is 0 Å². The molecule has 2 rings (SSSR count). The van der Waals surface area contributed by atoms with Gasteiger partial charge in [-0.1, -0.05) is 0 Å². The maximum Gasteiger partial charge on any atom is 0.183 e. The predicted octanol–water partition coefficient (Wildman–Crippen LogP) is 0.409. The monoisotopic (exact) mass is 282 g/mol. The number of nitrogens with zero attached hydrogens (tertiary/aromatic N) is 5. The topological polar surface area (TPSA) is 141 Å². The fourth-order valence-corrected chi connectivity index (χ4v) is 1.58. The molecule has 106 valence electrons. The molecule has 8 nitrogen and oxygen atoms in total. The molecule has 0 atom stereocenters. The van der Waals surface area contributed by atoms with Gasteiger partial charge in [0.15, 0.2) is 11.7 Å². The van der Waals surface area contributed by atoms with Crippen LogP contribution in [0.2, 0.25) is 0 Å². The van der Waals surface area contributed by atoms with E-state index in [0.29, 0.717) is 22.5 Å². The summed E-state index contributed by atoms with van der Waals surface area (Å²) in [5.74, 6) is 0.383. The van der Waals surface area contributed by atoms with Crippen LogP contribution in [0.25, 0.3) is 0 Å². The first kappa shape index (κ1) is 14.1. The van der Waals surface area contributed by atoms with Crippen molar-refractivity contribution in [3.05, 3.63) is 48.0 Å². The van der Waals surface area contributed by atoms with Crippen LogP contribution in [0.3, 0.4) is 0 Å². The molecule has 0 bridgehead atoms. The molecule has 6 N–H and O–H groups in total. The Balaban J connectivity index is 2.38. The first-order chi connectivity index (χ1) is 10.1. The lowest BCUT2D eigenvalue weighted by Gasteiger charge is -2.04. The van der Waals surface area contributed by atoms with Crippen molar-refractivity contribution in [2.45, 2.75) is 0 Å². The van der Waals surface area contributed by atoms with Crippen molar-refractivity contribution in [1.29, 1.82) is 0 Å². The number of amidine groups is 2. The first-order valence-corrected chi connectivity index (χ1v) is 5.91. The minimum Gasteiger partial charge on any atom is -0.397 e. The molecule has 0 radical (unpaired) electrons. The van der Waals surface area contributed by atoms with Crippen LogP contribution in [0.4, 0.5) is 11.4 Å². The number of hydrogen-bond donors (Lipinski definition) is 3. The normalized spacial score (nSPS) is 12.2. The van der Waals surface area contributed by atoms with Gasteiger partial charge in [0, 0.05) is 23.5 Å². The lowest BCUT2D eigenvalue weighted by atomic mass is 10.2. The Hall–Kier alpha value is -3.29. The summed E-state index contributed by atoms with van der Waals surface area (Å²) in [5, 5.41) is 7.87. The van der Waals surface area contributed by atoms with E-state index in [1.54, 1.807) is 24.5 Å². The number of rotatable bonds is 3. The predicted molar refractivity (Wildman–Crippen MR) is 84.1 cm³/mol. The molecule has 0 fully saturated rings. The van der Waals surface area contributed by atoms with Crippen molar-refractivity contribution >= 4 is 29.8 Å². The summed E-state index contributed by atoms with van der Waals surface area (Å²) in [6.07, 6.45) is 6.10. The molecule has 2 heterocycles. The van der Waals surface area contributed by atoms with E-state index in [-0.39, 0.29) is 11.7 Å². The number of nitrogen functional groups attached to an aromatic ring is 2. The van der Waals surface area contributed by atoms with Gasteiger partial charge in [0.05, 0.1) is 23.8 Å². The average Bonchev–Trinajstić information content (AvgIpc) is 2.49. The molecule has 0 unspecified atom stereocenters. The van der Waals surface area contributed by atoms with E-state index in [0.717, 1.165) is 0 Å². The largest absolute Gasteiger partial charge is 0.397 e. The van der Waals surface area contributed by atoms with Crippen LogP contribution < -0.4 is 17.2 Å². The minimum atomic E-state index is 0.142. The van der Waals surface area contributed by atoms with Crippen LogP contribution in [0, 0.1) is 0 Å². The number of nitrogens with two attached hydrogens (primary N) is 3. The summed E-state index contributed by atoms with van der Waals surface area (Å²) in [6, 6.07) is 3.31. The van der Waals surface area contributed by atoms with E-state index in [9.17, 15) is 0 Å². The summed E-state index contributed by atoms with van der Waals surface area (Å²) < 4.78 is 0. The van der Waals surface area contributed by atoms with Gasteiger partial charge in [-0.3, -0.25) is 9.97 Å². The fraction of sp³-hybridized carbons (Fsp3) is 0. The van der Waals surface area contributed by atoms with E-state index in [4.69, 9.17) is 17.2 Å². The highest BCUT2D eigenvalue weighted by Gasteiger charge is 2.06. The average molecular weight is 282 g/mol. The van der Waals surface area contributed by atoms with Crippen molar-refractivity contribution < 1.29 is 0 Å². The highest BCUT2D eigenvalue weighted by atomic mass is 15.3. The van der Waals surface area contributed by atoms with Crippen molar-refractivity contribution in [2.75, 3.05) is 11.5 Å².